The number of hydrogen-bond donors (Lipinski definition) is 2. The van der Waals surface area contributed by atoms with Gasteiger partial charge in [-0.15, -0.1) is 42.4 Å². The molecular formula is C72H81N17O7S. The third-order valence-corrected chi connectivity index (χ3v) is 15.4. The fourth-order valence-electron chi connectivity index (χ4n) is 9.46. The molecule has 0 fully saturated rings. The highest BCUT2D eigenvalue weighted by molar-refractivity contribution is 7.99. The average molecular weight is 1330 g/mol. The Morgan fingerprint density at radius 2 is 1.16 bits per heavy atom. The van der Waals surface area contributed by atoms with E-state index < -0.39 is 11.7 Å². The van der Waals surface area contributed by atoms with Crippen LogP contribution in [0, 0.1) is 25.2 Å². The fourth-order valence-corrected chi connectivity index (χ4v) is 10.3. The molecule has 24 nitrogen and oxygen atoms in total. The van der Waals surface area contributed by atoms with Crippen LogP contribution in [0.5, 0.6) is 0 Å². The van der Waals surface area contributed by atoms with E-state index in [1.165, 1.54) is 17.3 Å². The minimum atomic E-state index is -0.569. The number of anilines is 1. The van der Waals surface area contributed by atoms with Crippen molar-refractivity contribution in [2.75, 3.05) is 19.8 Å². The van der Waals surface area contributed by atoms with Gasteiger partial charge in [0.1, 0.15) is 17.0 Å². The Hall–Kier alpha value is -11.7. The summed E-state index contributed by atoms with van der Waals surface area (Å²) >= 11 is 1.82. The number of amides is 1. The molecular weight excluding hydrogens is 1250 g/mol. The van der Waals surface area contributed by atoms with Gasteiger partial charge in [0.05, 0.1) is 64.7 Å². The minimum absolute atomic E-state index is 0. The number of carbonyl (C=O) groups is 1. The Kier molecular flexibility index (Phi) is 23.4. The molecule has 0 aliphatic rings. The molecule has 0 radical (unpaired) electrons. The molecule has 0 aliphatic heterocycles. The molecule has 7 N–H and O–H groups in total. The van der Waals surface area contributed by atoms with Gasteiger partial charge in [-0.05, 0) is 113 Å². The molecule has 502 valence electrons. The molecule has 0 bridgehead atoms. The van der Waals surface area contributed by atoms with Crippen molar-refractivity contribution in [3.63, 3.8) is 0 Å². The standard InChI is InChI=1S/C29H33N5O3S.C25H25N5O.C18H11N7O.2H2O.4H2/c1-17(2)38-23-13-11-20(12-14-23)24-16-30-19(4)25(32-24)27-34-33-26(36-27)22-10-8-9-21(15-22)18(3)31-28(35)37-29(5,6)7;1-6-18-9-7-8-10-21(18)24-28-29-25(31-24)23-16(2)26-15-22(27-23)20-13-11-19(12-14-20)17(3)30(4)5;19-8-12-6-7-21-9-13(12)14-10-22-16(20)15(23-14)18-25-24-17(26-18)11-4-2-1-3-5-11;;;;;;/h8-18H,1-7H3,(H,31,35);7-15H,3,6H2,1-2,4-5H3;1-7,9-10H,(H2,20,22);2*1H2;4*1H. The van der Waals surface area contributed by atoms with Crippen LogP contribution >= 0.6 is 11.8 Å². The van der Waals surface area contributed by atoms with E-state index in [0.29, 0.717) is 68.6 Å². The van der Waals surface area contributed by atoms with Gasteiger partial charge in [-0.3, -0.25) is 15.0 Å². The number of carbonyl (C=O) groups excluding carboxylic acids is 1. The summed E-state index contributed by atoms with van der Waals surface area (Å²) in [7, 11) is 3.96. The van der Waals surface area contributed by atoms with Crippen LogP contribution in [0.4, 0.5) is 10.6 Å². The molecule has 5 aromatic carbocycles. The van der Waals surface area contributed by atoms with Crippen molar-refractivity contribution < 1.29 is 39.4 Å². The van der Waals surface area contributed by atoms with E-state index in [4.69, 9.17) is 33.7 Å². The van der Waals surface area contributed by atoms with Crippen LogP contribution < -0.4 is 11.1 Å². The number of benzene rings is 5. The first-order valence-electron chi connectivity index (χ1n) is 30.4. The molecule has 0 saturated heterocycles. The van der Waals surface area contributed by atoms with Crippen molar-refractivity contribution in [1.82, 2.24) is 75.7 Å². The third kappa shape index (κ3) is 17.8. The fraction of sp³-hybridized carbons (Fsp3) is 0.208. The number of aromatic nitrogens is 13. The summed E-state index contributed by atoms with van der Waals surface area (Å²) in [6.07, 6.45) is 8.49. The molecule has 12 rings (SSSR count). The lowest BCUT2D eigenvalue weighted by Crippen LogP contribution is -2.34. The van der Waals surface area contributed by atoms with Gasteiger partial charge in [-0.1, -0.05) is 112 Å². The zero-order chi connectivity index (χ0) is 67.3. The summed E-state index contributed by atoms with van der Waals surface area (Å²) in [6, 6.07) is 44.8. The number of nitriles is 1. The molecule has 7 aromatic heterocycles. The van der Waals surface area contributed by atoms with Gasteiger partial charge < -0.3 is 44.9 Å². The summed E-state index contributed by atoms with van der Waals surface area (Å²) in [5.74, 6) is 2.16. The maximum atomic E-state index is 12.2. The summed E-state index contributed by atoms with van der Waals surface area (Å²) < 4.78 is 23.1. The van der Waals surface area contributed by atoms with Crippen LogP contribution in [0.1, 0.15) is 93.9 Å². The largest absolute Gasteiger partial charge is 0.444 e. The SMILES string of the molecule is C=C(c1ccc(-c2cnc(C)c(-c3nnc(-c4ccccc4CC)o3)n2)cc1)N(C)C.Cc1ncc(-c2ccc(SC(C)C)cc2)nc1-c1nnc(-c2cccc(C(C)NC(=O)OC(C)(C)C)c2)o1.N#Cc1ccncc1-c1cnc(N)c(-c2nnc(-c3ccccc3)o2)n1.O.O.[HH].[HH].[HH].[HH]. The quantitative estimate of drug-likeness (QED) is 0.0848. The zero-order valence-corrected chi connectivity index (χ0v) is 56.2. The van der Waals surface area contributed by atoms with E-state index in [1.807, 2.05) is 181 Å². The van der Waals surface area contributed by atoms with Gasteiger partial charge in [-0.2, -0.15) is 5.26 Å². The van der Waals surface area contributed by atoms with E-state index in [0.717, 1.165) is 73.7 Å². The molecule has 0 aliphatic carbocycles. The van der Waals surface area contributed by atoms with E-state index >= 15 is 0 Å². The van der Waals surface area contributed by atoms with Gasteiger partial charge >= 0.3 is 6.09 Å². The molecule has 25 heteroatoms. The van der Waals surface area contributed by atoms with E-state index in [2.05, 4.69) is 112 Å². The first-order valence-corrected chi connectivity index (χ1v) is 31.2. The Labute approximate surface area is 571 Å². The molecule has 1 unspecified atom stereocenters. The maximum absolute atomic E-state index is 12.2. The highest BCUT2D eigenvalue weighted by Crippen LogP contribution is 2.34. The number of nitrogen functional groups attached to an aromatic ring is 1. The lowest BCUT2D eigenvalue weighted by Gasteiger charge is -2.22. The molecule has 1 atom stereocenters. The summed E-state index contributed by atoms with van der Waals surface area (Å²) in [5.41, 5.74) is 19.5. The van der Waals surface area contributed by atoms with Crippen LogP contribution in [0.3, 0.4) is 0 Å². The van der Waals surface area contributed by atoms with Gasteiger partial charge in [0.2, 0.25) is 17.7 Å². The van der Waals surface area contributed by atoms with Crippen LogP contribution in [-0.2, 0) is 11.2 Å². The van der Waals surface area contributed by atoms with Crippen molar-refractivity contribution in [3.05, 3.63) is 205 Å². The third-order valence-electron chi connectivity index (χ3n) is 14.4. The number of thioether (sulfide) groups is 1. The number of hydrogen-bond acceptors (Lipinski definition) is 22. The second-order valence-electron chi connectivity index (χ2n) is 23.1. The monoisotopic (exact) mass is 1330 g/mol. The van der Waals surface area contributed by atoms with Crippen LogP contribution in [0.25, 0.3) is 109 Å². The van der Waals surface area contributed by atoms with Crippen molar-refractivity contribution >= 4 is 29.4 Å². The predicted molar refractivity (Wildman–Crippen MR) is 382 cm³/mol. The molecule has 7 heterocycles. The Bertz CT molecular complexity index is 4720. The second-order valence-corrected chi connectivity index (χ2v) is 24.8. The number of alkyl carbamates (subject to hydrolysis) is 1. The number of nitrogens with zero attached hydrogens (tertiary/aromatic N) is 15. The van der Waals surface area contributed by atoms with Crippen molar-refractivity contribution in [2.45, 2.75) is 90.5 Å². The number of rotatable bonds is 16. The number of ether oxygens (including phenoxy) is 1. The Morgan fingerprint density at radius 3 is 1.75 bits per heavy atom. The number of aryl methyl sites for hydroxylation is 3. The van der Waals surface area contributed by atoms with E-state index in [1.54, 1.807) is 24.7 Å². The maximum Gasteiger partial charge on any atom is 0.408 e. The van der Waals surface area contributed by atoms with Gasteiger partial charge in [0, 0.05) is 81.4 Å². The molecule has 12 aromatic rings. The predicted octanol–water partition coefficient (Wildman–Crippen LogP) is 14.6. The molecule has 0 spiro atoms. The zero-order valence-electron chi connectivity index (χ0n) is 55.4. The van der Waals surface area contributed by atoms with Crippen molar-refractivity contribution in [2.24, 2.45) is 0 Å². The van der Waals surface area contributed by atoms with Crippen molar-refractivity contribution in [1.29, 1.82) is 5.26 Å². The second kappa shape index (κ2) is 31.9. The summed E-state index contributed by atoms with van der Waals surface area (Å²) in [4.78, 5) is 46.6. The first kappa shape index (κ1) is 71.1. The van der Waals surface area contributed by atoms with Crippen molar-refractivity contribution in [3.8, 4) is 109 Å². The molecule has 1 amide bonds. The number of nitrogens with two attached hydrogens (primary N) is 1. The number of pyridine rings is 1. The van der Waals surface area contributed by atoms with E-state index in [-0.39, 0.29) is 40.1 Å². The highest BCUT2D eigenvalue weighted by Gasteiger charge is 2.23. The average Bonchev–Trinajstić information content (AvgIpc) is 1.79. The van der Waals surface area contributed by atoms with Crippen LogP contribution in [0.15, 0.2) is 189 Å². The van der Waals surface area contributed by atoms with Gasteiger partial charge in [-0.25, -0.2) is 24.7 Å². The minimum Gasteiger partial charge on any atom is -0.444 e. The Morgan fingerprint density at radius 1 is 0.639 bits per heavy atom. The lowest BCUT2D eigenvalue weighted by atomic mass is 10.1. The van der Waals surface area contributed by atoms with E-state index in [9.17, 15) is 10.1 Å². The van der Waals surface area contributed by atoms with Crippen LogP contribution in [0.2, 0.25) is 0 Å². The highest BCUT2D eigenvalue weighted by atomic mass is 32.2. The molecule has 0 saturated carbocycles. The first-order chi connectivity index (χ1) is 45.7. The summed E-state index contributed by atoms with van der Waals surface area (Å²) in [5, 5.41) is 37.7. The lowest BCUT2D eigenvalue weighted by molar-refractivity contribution is 0.0507. The normalized spacial score (nSPS) is 11.1. The van der Waals surface area contributed by atoms with Crippen LogP contribution in [-0.4, -0.2) is 112 Å². The van der Waals surface area contributed by atoms with Gasteiger partial charge in [0.25, 0.3) is 17.7 Å². The number of nitrogens with one attached hydrogen (secondary N) is 1. The van der Waals surface area contributed by atoms with Gasteiger partial charge in [0.15, 0.2) is 11.5 Å². The topological polar surface area (TPSA) is 361 Å². The molecule has 97 heavy (non-hydrogen) atoms. The summed E-state index contributed by atoms with van der Waals surface area (Å²) in [6.45, 7) is 21.7. The smallest absolute Gasteiger partial charge is 0.408 e. The Balaban J connectivity index is 0.000000317.